The predicted octanol–water partition coefficient (Wildman–Crippen LogP) is 0.296. The number of hydrogen-bond acceptors (Lipinski definition) is 4. The molecule has 1 aromatic heterocycles. The van der Waals surface area contributed by atoms with Gasteiger partial charge in [-0.3, -0.25) is 4.21 Å². The minimum atomic E-state index is -2.34. The molecule has 0 fully saturated rings. The molecule has 0 aliphatic heterocycles. The molecule has 0 aliphatic carbocycles. The van der Waals surface area contributed by atoms with Gasteiger partial charge in [-0.1, -0.05) is 6.07 Å². The van der Waals surface area contributed by atoms with Crippen molar-refractivity contribution in [3.63, 3.8) is 0 Å². The summed E-state index contributed by atoms with van der Waals surface area (Å²) < 4.78 is 27.2. The summed E-state index contributed by atoms with van der Waals surface area (Å²) in [5, 5.41) is 0. The van der Waals surface area contributed by atoms with E-state index >= 15 is 0 Å². The maximum Gasteiger partial charge on any atom is 0.214 e. The van der Waals surface area contributed by atoms with Crippen LogP contribution in [0.25, 0.3) is 0 Å². The van der Waals surface area contributed by atoms with Gasteiger partial charge in [0.1, 0.15) is 5.82 Å². The highest BCUT2D eigenvalue weighted by Gasteiger charge is 1.94. The monoisotopic (exact) mass is 187 g/mol. The van der Waals surface area contributed by atoms with Crippen LogP contribution in [0, 0.1) is 0 Å². The summed E-state index contributed by atoms with van der Waals surface area (Å²) >= 11 is -2.34. The van der Waals surface area contributed by atoms with Crippen LogP contribution >= 0.6 is 0 Å². The van der Waals surface area contributed by atoms with Gasteiger partial charge in [0.15, 0.2) is 0 Å². The minimum absolute atomic E-state index is 0.239. The summed E-state index contributed by atoms with van der Waals surface area (Å²) in [5.41, 5.74) is 0. The van der Waals surface area contributed by atoms with E-state index in [2.05, 4.69) is 9.71 Å². The summed E-state index contributed by atoms with van der Waals surface area (Å²) in [6, 6.07) is 4.79. The lowest BCUT2D eigenvalue weighted by Gasteiger charge is -2.07. The Morgan fingerprint density at radius 1 is 1.67 bits per heavy atom. The van der Waals surface area contributed by atoms with Gasteiger partial charge >= 0.3 is 0 Å². The van der Waals surface area contributed by atoms with Crippen molar-refractivity contribution in [3.05, 3.63) is 18.2 Å². The number of hydrogen-bond donors (Lipinski definition) is 1. The second-order valence-electron chi connectivity index (χ2n) is 1.90. The zero-order chi connectivity index (χ0) is 8.97. The molecule has 1 N–H and O–H groups in total. The van der Waals surface area contributed by atoms with Crippen molar-refractivity contribution in [2.45, 2.75) is 0 Å². The van der Waals surface area contributed by atoms with Crippen molar-refractivity contribution in [1.82, 2.24) is 4.98 Å². The predicted molar refractivity (Wildman–Crippen MR) is 43.3 cm³/mol. The van der Waals surface area contributed by atoms with Crippen molar-refractivity contribution < 1.29 is 13.5 Å². The van der Waals surface area contributed by atoms with E-state index in [-0.39, 0.29) is 5.82 Å². The first-order valence-corrected chi connectivity index (χ1v) is 4.17. The highest BCUT2D eigenvalue weighted by molar-refractivity contribution is 7.80. The van der Waals surface area contributed by atoms with Crippen LogP contribution in [0.2, 0.25) is 0 Å². The quantitative estimate of drug-likeness (QED) is 0.690. The average Bonchev–Trinajstić information content (AvgIpc) is 2.03. The average molecular weight is 187 g/mol. The van der Waals surface area contributed by atoms with Gasteiger partial charge in [-0.2, -0.15) is 4.98 Å². The smallest absolute Gasteiger partial charge is 0.214 e. The van der Waals surface area contributed by atoms with Crippen LogP contribution in [-0.2, 0) is 11.3 Å². The van der Waals surface area contributed by atoms with Gasteiger partial charge in [0.25, 0.3) is 0 Å². The maximum absolute atomic E-state index is 10.2. The molecule has 1 heterocycles. The van der Waals surface area contributed by atoms with E-state index in [1.165, 1.54) is 13.2 Å². The van der Waals surface area contributed by atoms with Gasteiger partial charge in [0.2, 0.25) is 5.88 Å². The van der Waals surface area contributed by atoms with Crippen LogP contribution < -0.4 is 9.46 Å². The Hall–Kier alpha value is -1.14. The van der Waals surface area contributed by atoms with E-state index in [1.807, 2.05) is 0 Å². The first-order chi connectivity index (χ1) is 5.72. The van der Waals surface area contributed by atoms with E-state index in [0.717, 1.165) is 0 Å². The molecule has 0 radical (unpaired) electrons. The van der Waals surface area contributed by atoms with Gasteiger partial charge in [-0.05, 0) is 6.07 Å². The summed E-state index contributed by atoms with van der Waals surface area (Å²) in [6.45, 7) is 0. The molecular weight excluding hydrogens is 180 g/mol. The normalized spacial score (nSPS) is 12.2. The molecule has 0 bridgehead atoms. The second kappa shape index (κ2) is 4.03. The molecule has 6 heteroatoms. The molecule has 12 heavy (non-hydrogen) atoms. The molecule has 1 aromatic rings. The Kier molecular flexibility index (Phi) is 3.01. The Balaban J connectivity index is 2.79. The standard InChI is InChI=1S/C6H8N2O3S/c1-11-6-4-2-3-5(7-6)8-12(9)10/h2-4H,1H3,(H,7,8)(H,9,10)/p-1. The van der Waals surface area contributed by atoms with E-state index < -0.39 is 11.3 Å². The summed E-state index contributed by atoms with van der Waals surface area (Å²) in [5.74, 6) is 0.605. The molecule has 1 rings (SSSR count). The Bertz CT molecular complexity index is 292. The SMILES string of the molecule is COc1cccc(NS(=O)[O-])n1. The largest absolute Gasteiger partial charge is 0.755 e. The molecule has 0 saturated heterocycles. The number of aromatic nitrogens is 1. The van der Waals surface area contributed by atoms with E-state index in [1.54, 1.807) is 12.1 Å². The molecule has 0 saturated carbocycles. The van der Waals surface area contributed by atoms with Crippen LogP contribution in [0.3, 0.4) is 0 Å². The fourth-order valence-corrected chi connectivity index (χ4v) is 0.955. The topological polar surface area (TPSA) is 74.3 Å². The highest BCUT2D eigenvalue weighted by Crippen LogP contribution is 2.10. The Morgan fingerprint density at radius 2 is 2.42 bits per heavy atom. The highest BCUT2D eigenvalue weighted by atomic mass is 32.2. The van der Waals surface area contributed by atoms with Crippen molar-refractivity contribution in [2.75, 3.05) is 11.8 Å². The van der Waals surface area contributed by atoms with Gasteiger partial charge in [-0.25, -0.2) is 0 Å². The number of pyridine rings is 1. The second-order valence-corrected chi connectivity index (χ2v) is 2.58. The Labute approximate surface area is 72.2 Å². The van der Waals surface area contributed by atoms with Crippen LogP contribution in [-0.4, -0.2) is 20.9 Å². The summed E-state index contributed by atoms with van der Waals surface area (Å²) in [7, 11) is 1.46. The third kappa shape index (κ3) is 2.48. The summed E-state index contributed by atoms with van der Waals surface area (Å²) in [6.07, 6.45) is 0. The lowest BCUT2D eigenvalue weighted by Crippen LogP contribution is -2.04. The van der Waals surface area contributed by atoms with E-state index in [4.69, 9.17) is 4.74 Å². The first-order valence-electron chi connectivity index (χ1n) is 3.09. The third-order valence-electron chi connectivity index (χ3n) is 1.12. The molecule has 66 valence electrons. The number of nitrogens with zero attached hydrogens (tertiary/aromatic N) is 1. The zero-order valence-electron chi connectivity index (χ0n) is 6.31. The van der Waals surface area contributed by atoms with Gasteiger partial charge in [0.05, 0.1) is 7.11 Å². The molecule has 0 amide bonds. The number of methoxy groups -OCH3 is 1. The molecule has 5 nitrogen and oxygen atoms in total. The molecule has 0 aliphatic rings. The molecule has 1 atom stereocenters. The van der Waals surface area contributed by atoms with Gasteiger partial charge in [0, 0.05) is 17.3 Å². The Morgan fingerprint density at radius 3 is 3.00 bits per heavy atom. The van der Waals surface area contributed by atoms with Crippen LogP contribution in [0.15, 0.2) is 18.2 Å². The van der Waals surface area contributed by atoms with Crippen molar-refractivity contribution >= 4 is 17.1 Å². The van der Waals surface area contributed by atoms with Crippen LogP contribution in [0.5, 0.6) is 5.88 Å². The number of anilines is 1. The lowest BCUT2D eigenvalue weighted by molar-refractivity contribution is 0.398. The molecular formula is C6H7N2O3S-. The lowest BCUT2D eigenvalue weighted by atomic mass is 10.5. The van der Waals surface area contributed by atoms with Crippen LogP contribution in [0.1, 0.15) is 0 Å². The van der Waals surface area contributed by atoms with E-state index in [9.17, 15) is 8.76 Å². The van der Waals surface area contributed by atoms with Crippen molar-refractivity contribution in [1.29, 1.82) is 0 Å². The fourth-order valence-electron chi connectivity index (χ4n) is 0.671. The van der Waals surface area contributed by atoms with E-state index in [0.29, 0.717) is 5.88 Å². The maximum atomic E-state index is 10.2. The first kappa shape index (κ1) is 8.95. The van der Waals surface area contributed by atoms with Gasteiger partial charge < -0.3 is 14.0 Å². The third-order valence-corrected chi connectivity index (χ3v) is 1.50. The molecule has 0 aromatic carbocycles. The zero-order valence-corrected chi connectivity index (χ0v) is 7.13. The van der Waals surface area contributed by atoms with Crippen molar-refractivity contribution in [2.24, 2.45) is 0 Å². The number of ether oxygens (including phenoxy) is 1. The molecule has 0 spiro atoms. The fraction of sp³-hybridized carbons (Fsp3) is 0.167. The van der Waals surface area contributed by atoms with Gasteiger partial charge in [-0.15, -0.1) is 0 Å². The number of nitrogens with one attached hydrogen (secondary N) is 1. The minimum Gasteiger partial charge on any atom is -0.755 e. The van der Waals surface area contributed by atoms with Crippen LogP contribution in [0.4, 0.5) is 5.82 Å². The summed E-state index contributed by atoms with van der Waals surface area (Å²) in [4.78, 5) is 3.80. The molecule has 1 unspecified atom stereocenters. The van der Waals surface area contributed by atoms with Crippen molar-refractivity contribution in [3.8, 4) is 5.88 Å². The number of rotatable bonds is 3.